The van der Waals surface area contributed by atoms with Crippen molar-refractivity contribution >= 4 is 0 Å². The fourth-order valence-electron chi connectivity index (χ4n) is 3.72. The summed E-state index contributed by atoms with van der Waals surface area (Å²) in [7, 11) is 0. The lowest BCUT2D eigenvalue weighted by molar-refractivity contribution is 0.0190. The zero-order chi connectivity index (χ0) is 17.9. The quantitative estimate of drug-likeness (QED) is 0.210. The van der Waals surface area contributed by atoms with Crippen LogP contribution in [0.5, 0.6) is 0 Å². The summed E-state index contributed by atoms with van der Waals surface area (Å²) in [5.74, 6) is 0.458. The minimum Gasteiger partial charge on any atom is -0.233 e. The predicted molar refractivity (Wildman–Crippen MR) is 108 cm³/mol. The largest absolute Gasteiger partial charge is 0.233 e. The molecule has 0 aliphatic rings. The molecule has 0 aliphatic carbocycles. The van der Waals surface area contributed by atoms with Gasteiger partial charge in [0, 0.05) is 0 Å². The van der Waals surface area contributed by atoms with E-state index >= 15 is 0 Å². The van der Waals surface area contributed by atoms with Crippen LogP contribution < -0.4 is 0 Å². The van der Waals surface area contributed by atoms with Gasteiger partial charge in [-0.15, -0.1) is 0 Å². The average molecular weight is 340 g/mol. The van der Waals surface area contributed by atoms with Gasteiger partial charge in [-0.25, -0.2) is 5.11 Å². The van der Waals surface area contributed by atoms with Gasteiger partial charge in [0.15, 0.2) is 0 Å². The second-order valence-corrected chi connectivity index (χ2v) is 7.91. The van der Waals surface area contributed by atoms with Crippen LogP contribution in [-0.2, 0) is 5.11 Å². The number of hydrogen-bond donors (Lipinski definition) is 0. The van der Waals surface area contributed by atoms with Crippen LogP contribution in [0.2, 0.25) is 0 Å². The molecule has 1 heteroatoms. The molecule has 0 saturated carbocycles. The molecule has 0 heterocycles. The Kier molecular flexibility index (Phi) is 19.3. The second-order valence-electron chi connectivity index (χ2n) is 7.91. The highest BCUT2D eigenvalue weighted by Crippen LogP contribution is 2.25. The molecule has 145 valence electrons. The Morgan fingerprint density at radius 3 is 1.25 bits per heavy atom. The lowest BCUT2D eigenvalue weighted by Gasteiger charge is -2.21. The van der Waals surface area contributed by atoms with Gasteiger partial charge < -0.3 is 0 Å². The van der Waals surface area contributed by atoms with E-state index in [9.17, 15) is 5.11 Å². The Hall–Kier alpha value is -0.0400. The molecule has 0 saturated heterocycles. The molecular formula is C23H47O. The SMILES string of the molecule is CCCCCCCCC(CCCCCCCC)C([O])CCCCC. The maximum atomic E-state index is 12.6. The summed E-state index contributed by atoms with van der Waals surface area (Å²) in [5.41, 5.74) is 0. The Labute approximate surface area is 154 Å². The molecule has 0 aromatic heterocycles. The monoisotopic (exact) mass is 339 g/mol. The number of rotatable bonds is 19. The van der Waals surface area contributed by atoms with Crippen LogP contribution >= 0.6 is 0 Å². The van der Waals surface area contributed by atoms with Crippen LogP contribution in [0.1, 0.15) is 136 Å². The highest BCUT2D eigenvalue weighted by Gasteiger charge is 2.19. The van der Waals surface area contributed by atoms with E-state index in [1.54, 1.807) is 0 Å². The smallest absolute Gasteiger partial charge is 0.0958 e. The van der Waals surface area contributed by atoms with Crippen molar-refractivity contribution in [2.45, 2.75) is 142 Å². The minimum atomic E-state index is -0.289. The zero-order valence-electron chi connectivity index (χ0n) is 17.3. The van der Waals surface area contributed by atoms with Gasteiger partial charge in [-0.2, -0.15) is 0 Å². The van der Waals surface area contributed by atoms with Crippen LogP contribution in [0.4, 0.5) is 0 Å². The summed E-state index contributed by atoms with van der Waals surface area (Å²) in [6, 6.07) is 0. The molecule has 0 aromatic carbocycles. The fraction of sp³-hybridized carbons (Fsp3) is 1.00. The first-order valence-electron chi connectivity index (χ1n) is 11.4. The predicted octanol–water partition coefficient (Wildman–Crippen LogP) is 8.48. The van der Waals surface area contributed by atoms with Crippen LogP contribution in [0.25, 0.3) is 0 Å². The van der Waals surface area contributed by atoms with Crippen molar-refractivity contribution in [3.8, 4) is 0 Å². The standard InChI is InChI=1S/C23H47O/c1-4-7-10-12-14-17-19-22(23(24)21-16-9-6-3)20-18-15-13-11-8-5-2/h22-23H,4-21H2,1-3H3. The maximum Gasteiger partial charge on any atom is 0.0958 e. The van der Waals surface area contributed by atoms with E-state index in [2.05, 4.69) is 20.8 Å². The molecule has 1 atom stereocenters. The van der Waals surface area contributed by atoms with Crippen molar-refractivity contribution in [1.29, 1.82) is 0 Å². The highest BCUT2D eigenvalue weighted by atomic mass is 16.3. The third-order valence-electron chi connectivity index (χ3n) is 5.47. The Bertz CT molecular complexity index is 210. The third kappa shape index (κ3) is 15.5. The van der Waals surface area contributed by atoms with Gasteiger partial charge in [-0.3, -0.25) is 0 Å². The van der Waals surface area contributed by atoms with Crippen LogP contribution in [0.15, 0.2) is 0 Å². The molecule has 1 unspecified atom stereocenters. The van der Waals surface area contributed by atoms with Gasteiger partial charge in [-0.1, -0.05) is 117 Å². The second kappa shape index (κ2) is 19.3. The summed E-state index contributed by atoms with van der Waals surface area (Å²) in [6.07, 6.45) is 22.8. The van der Waals surface area contributed by atoms with Crippen LogP contribution in [0, 0.1) is 5.92 Å². The summed E-state index contributed by atoms with van der Waals surface area (Å²) in [6.45, 7) is 6.77. The molecule has 1 radical (unpaired) electrons. The van der Waals surface area contributed by atoms with Gasteiger partial charge in [0.25, 0.3) is 0 Å². The number of unbranched alkanes of at least 4 members (excludes halogenated alkanes) is 12. The van der Waals surface area contributed by atoms with E-state index in [-0.39, 0.29) is 6.10 Å². The van der Waals surface area contributed by atoms with Crippen molar-refractivity contribution < 1.29 is 5.11 Å². The van der Waals surface area contributed by atoms with E-state index in [0.29, 0.717) is 5.92 Å². The lowest BCUT2D eigenvalue weighted by atomic mass is 9.87. The molecule has 0 aromatic rings. The van der Waals surface area contributed by atoms with Crippen molar-refractivity contribution in [1.82, 2.24) is 0 Å². The first kappa shape index (κ1) is 24.0. The molecule has 0 N–H and O–H groups in total. The van der Waals surface area contributed by atoms with Gasteiger partial charge in [-0.05, 0) is 25.2 Å². The van der Waals surface area contributed by atoms with Crippen LogP contribution in [-0.4, -0.2) is 6.10 Å². The first-order valence-corrected chi connectivity index (χ1v) is 11.4. The highest BCUT2D eigenvalue weighted by molar-refractivity contribution is 4.70. The summed E-state index contributed by atoms with van der Waals surface area (Å²) < 4.78 is 0. The van der Waals surface area contributed by atoms with Crippen LogP contribution in [0.3, 0.4) is 0 Å². The molecular weight excluding hydrogens is 292 g/mol. The van der Waals surface area contributed by atoms with E-state index in [4.69, 9.17) is 0 Å². The molecule has 0 amide bonds. The maximum absolute atomic E-state index is 12.6. The Balaban J connectivity index is 3.94. The van der Waals surface area contributed by atoms with Gasteiger partial charge >= 0.3 is 0 Å². The molecule has 24 heavy (non-hydrogen) atoms. The Morgan fingerprint density at radius 1 is 0.458 bits per heavy atom. The van der Waals surface area contributed by atoms with E-state index in [0.717, 1.165) is 12.8 Å². The fourth-order valence-corrected chi connectivity index (χ4v) is 3.72. The molecule has 0 aliphatic heterocycles. The minimum absolute atomic E-state index is 0.289. The molecule has 1 nitrogen and oxygen atoms in total. The summed E-state index contributed by atoms with van der Waals surface area (Å²) in [5, 5.41) is 12.6. The van der Waals surface area contributed by atoms with Gasteiger partial charge in [0.2, 0.25) is 0 Å². The summed E-state index contributed by atoms with van der Waals surface area (Å²) >= 11 is 0. The van der Waals surface area contributed by atoms with E-state index in [1.807, 2.05) is 0 Å². The molecule has 0 fully saturated rings. The van der Waals surface area contributed by atoms with Crippen molar-refractivity contribution in [3.05, 3.63) is 0 Å². The molecule has 0 rings (SSSR count). The van der Waals surface area contributed by atoms with Crippen molar-refractivity contribution in [2.75, 3.05) is 0 Å². The Morgan fingerprint density at radius 2 is 0.792 bits per heavy atom. The van der Waals surface area contributed by atoms with Gasteiger partial charge in [0.05, 0.1) is 6.10 Å². The zero-order valence-corrected chi connectivity index (χ0v) is 17.3. The van der Waals surface area contributed by atoms with E-state index in [1.165, 1.54) is 103 Å². The first-order chi connectivity index (χ1) is 11.8. The molecule has 0 bridgehead atoms. The van der Waals surface area contributed by atoms with Crippen molar-refractivity contribution in [3.63, 3.8) is 0 Å². The van der Waals surface area contributed by atoms with Crippen molar-refractivity contribution in [2.24, 2.45) is 5.92 Å². The third-order valence-corrected chi connectivity index (χ3v) is 5.47. The average Bonchev–Trinajstić information content (AvgIpc) is 2.59. The summed E-state index contributed by atoms with van der Waals surface area (Å²) in [4.78, 5) is 0. The van der Waals surface area contributed by atoms with Gasteiger partial charge in [0.1, 0.15) is 0 Å². The normalized spacial score (nSPS) is 12.9. The number of hydrogen-bond acceptors (Lipinski definition) is 0. The lowest BCUT2D eigenvalue weighted by Crippen LogP contribution is -2.19. The van der Waals surface area contributed by atoms with E-state index < -0.39 is 0 Å². The topological polar surface area (TPSA) is 19.9 Å². The molecule has 0 spiro atoms.